The summed E-state index contributed by atoms with van der Waals surface area (Å²) < 4.78 is 18.5. The molecule has 1 aromatic carbocycles. The molecule has 148 valence electrons. The Morgan fingerprint density at radius 2 is 2.04 bits per heavy atom. The summed E-state index contributed by atoms with van der Waals surface area (Å²) in [6.45, 7) is 2.94. The Bertz CT molecular complexity index is 844. The van der Waals surface area contributed by atoms with Gasteiger partial charge in [0.2, 0.25) is 5.88 Å². The number of likely N-dealkylation sites (tertiary alicyclic amines) is 1. The molecule has 1 aromatic heterocycles. The number of urea groups is 1. The summed E-state index contributed by atoms with van der Waals surface area (Å²) in [5.41, 5.74) is 0.778. The molecule has 2 amide bonds. The molecule has 1 aliphatic heterocycles. The van der Waals surface area contributed by atoms with Crippen molar-refractivity contribution in [3.05, 3.63) is 54.0 Å². The maximum atomic E-state index is 13.0. The van der Waals surface area contributed by atoms with E-state index < -0.39 is 11.9 Å². The number of carboxylic acids is 1. The number of halogens is 1. The van der Waals surface area contributed by atoms with Crippen molar-refractivity contribution in [1.82, 2.24) is 15.2 Å². The van der Waals surface area contributed by atoms with E-state index in [-0.39, 0.29) is 30.9 Å². The van der Waals surface area contributed by atoms with E-state index in [1.54, 1.807) is 23.2 Å². The van der Waals surface area contributed by atoms with Crippen molar-refractivity contribution < 1.29 is 23.8 Å². The van der Waals surface area contributed by atoms with E-state index in [1.165, 1.54) is 24.3 Å². The third-order valence-corrected chi connectivity index (χ3v) is 4.58. The number of ether oxygens (including phenoxy) is 1. The van der Waals surface area contributed by atoms with Crippen molar-refractivity contribution in [2.24, 2.45) is 11.8 Å². The van der Waals surface area contributed by atoms with Gasteiger partial charge in [-0.25, -0.2) is 14.2 Å². The number of pyridine rings is 1. The fourth-order valence-electron chi connectivity index (χ4n) is 3.23. The summed E-state index contributed by atoms with van der Waals surface area (Å²) in [7, 11) is 0. The van der Waals surface area contributed by atoms with Crippen molar-refractivity contribution in [3.8, 4) is 11.6 Å². The number of carbonyl (C=O) groups is 2. The van der Waals surface area contributed by atoms with Crippen molar-refractivity contribution in [3.63, 3.8) is 0 Å². The summed E-state index contributed by atoms with van der Waals surface area (Å²) in [6.07, 6.45) is 2.14. The maximum absolute atomic E-state index is 13.0. The van der Waals surface area contributed by atoms with Crippen molar-refractivity contribution in [2.75, 3.05) is 13.1 Å². The lowest BCUT2D eigenvalue weighted by molar-refractivity contribution is -0.143. The largest absolute Gasteiger partial charge is 0.481 e. The van der Waals surface area contributed by atoms with Crippen LogP contribution in [0.15, 0.2) is 42.6 Å². The first kappa shape index (κ1) is 19.6. The Kier molecular flexibility index (Phi) is 6.08. The first-order chi connectivity index (χ1) is 13.4. The summed E-state index contributed by atoms with van der Waals surface area (Å²) in [4.78, 5) is 29.3. The molecule has 1 saturated heterocycles. The molecule has 0 spiro atoms. The number of aromatic nitrogens is 1. The van der Waals surface area contributed by atoms with Crippen molar-refractivity contribution in [2.45, 2.75) is 19.9 Å². The third kappa shape index (κ3) is 5.18. The van der Waals surface area contributed by atoms with Crippen LogP contribution < -0.4 is 10.1 Å². The lowest BCUT2D eigenvalue weighted by atomic mass is 9.91. The van der Waals surface area contributed by atoms with Gasteiger partial charge in [0.1, 0.15) is 11.6 Å². The van der Waals surface area contributed by atoms with E-state index in [0.717, 1.165) is 5.56 Å². The molecule has 2 aromatic rings. The molecule has 8 heteroatoms. The zero-order valence-corrected chi connectivity index (χ0v) is 15.5. The molecule has 2 heterocycles. The normalized spacial score (nSPS) is 19.1. The molecule has 0 bridgehead atoms. The number of hydrogen-bond donors (Lipinski definition) is 2. The van der Waals surface area contributed by atoms with Crippen LogP contribution in [0.4, 0.5) is 9.18 Å². The van der Waals surface area contributed by atoms with Crippen LogP contribution in [0.3, 0.4) is 0 Å². The predicted octanol–water partition coefficient (Wildman–Crippen LogP) is 3.27. The van der Waals surface area contributed by atoms with E-state index in [4.69, 9.17) is 4.74 Å². The van der Waals surface area contributed by atoms with E-state index >= 15 is 0 Å². The first-order valence-electron chi connectivity index (χ1n) is 9.04. The van der Waals surface area contributed by atoms with Gasteiger partial charge in [-0.1, -0.05) is 6.92 Å². The lowest BCUT2D eigenvalue weighted by Crippen LogP contribution is -2.49. The number of benzene rings is 1. The van der Waals surface area contributed by atoms with Gasteiger partial charge < -0.3 is 20.1 Å². The molecular weight excluding hydrogens is 365 g/mol. The topological polar surface area (TPSA) is 91.8 Å². The van der Waals surface area contributed by atoms with Gasteiger partial charge in [-0.3, -0.25) is 4.79 Å². The molecule has 0 saturated carbocycles. The van der Waals surface area contributed by atoms with Gasteiger partial charge in [0.25, 0.3) is 0 Å². The third-order valence-electron chi connectivity index (χ3n) is 4.58. The summed E-state index contributed by atoms with van der Waals surface area (Å²) in [6, 6.07) is 8.73. The Balaban J connectivity index is 1.57. The van der Waals surface area contributed by atoms with Gasteiger partial charge in [-0.05, 0) is 48.2 Å². The van der Waals surface area contributed by atoms with Gasteiger partial charge in [0.05, 0.1) is 5.92 Å². The molecule has 2 atom stereocenters. The molecule has 0 radical (unpaired) electrons. The van der Waals surface area contributed by atoms with Crippen LogP contribution in [-0.4, -0.2) is 40.1 Å². The molecule has 3 rings (SSSR count). The van der Waals surface area contributed by atoms with E-state index in [0.29, 0.717) is 24.6 Å². The molecule has 2 N–H and O–H groups in total. The molecule has 1 aliphatic rings. The van der Waals surface area contributed by atoms with E-state index in [9.17, 15) is 19.1 Å². The van der Waals surface area contributed by atoms with Crippen molar-refractivity contribution >= 4 is 12.0 Å². The average molecular weight is 387 g/mol. The highest BCUT2D eigenvalue weighted by molar-refractivity contribution is 5.76. The number of nitrogens with zero attached hydrogens (tertiary/aromatic N) is 2. The van der Waals surface area contributed by atoms with Crippen molar-refractivity contribution in [1.29, 1.82) is 0 Å². The highest BCUT2D eigenvalue weighted by Gasteiger charge is 2.31. The molecule has 1 fully saturated rings. The molecule has 2 unspecified atom stereocenters. The zero-order chi connectivity index (χ0) is 20.1. The molecule has 7 nitrogen and oxygen atoms in total. The highest BCUT2D eigenvalue weighted by Crippen LogP contribution is 2.22. The van der Waals surface area contributed by atoms with Crippen LogP contribution in [0.1, 0.15) is 18.9 Å². The number of piperidine rings is 1. The van der Waals surface area contributed by atoms with Crippen LogP contribution in [0.5, 0.6) is 11.6 Å². The minimum atomic E-state index is -0.874. The smallest absolute Gasteiger partial charge is 0.317 e. The Morgan fingerprint density at radius 3 is 2.75 bits per heavy atom. The fourth-order valence-corrected chi connectivity index (χ4v) is 3.23. The second-order valence-electron chi connectivity index (χ2n) is 7.00. The fraction of sp³-hybridized carbons (Fsp3) is 0.350. The minimum absolute atomic E-state index is 0.136. The predicted molar refractivity (Wildman–Crippen MR) is 99.4 cm³/mol. The monoisotopic (exact) mass is 387 g/mol. The summed E-state index contributed by atoms with van der Waals surface area (Å²) in [5, 5.41) is 12.0. The molecular formula is C20H22FN3O4. The number of aliphatic carboxylic acids is 1. The van der Waals surface area contributed by atoms with Crippen LogP contribution in [-0.2, 0) is 11.3 Å². The molecule has 28 heavy (non-hydrogen) atoms. The summed E-state index contributed by atoms with van der Waals surface area (Å²) in [5.74, 6) is -0.841. The van der Waals surface area contributed by atoms with Gasteiger partial charge in [-0.2, -0.15) is 0 Å². The van der Waals surface area contributed by atoms with Gasteiger partial charge in [-0.15, -0.1) is 0 Å². The number of nitrogens with one attached hydrogen (secondary N) is 1. The van der Waals surface area contributed by atoms with Crippen LogP contribution in [0, 0.1) is 17.7 Å². The standard InChI is InChI=1S/C20H22FN3O4/c1-13-8-15(19(25)26)12-24(11-13)20(27)23-10-14-6-7-22-18(9-14)28-17-4-2-16(21)3-5-17/h2-7,9,13,15H,8,10-12H2,1H3,(H,23,27)(H,25,26). The number of rotatable bonds is 5. The number of carboxylic acid groups (broad SMARTS) is 1. The first-order valence-corrected chi connectivity index (χ1v) is 9.04. The second-order valence-corrected chi connectivity index (χ2v) is 7.00. The number of hydrogen-bond acceptors (Lipinski definition) is 4. The van der Waals surface area contributed by atoms with Gasteiger partial charge in [0, 0.05) is 31.9 Å². The van der Waals surface area contributed by atoms with Crippen LogP contribution >= 0.6 is 0 Å². The quantitative estimate of drug-likeness (QED) is 0.822. The van der Waals surface area contributed by atoms with Gasteiger partial charge >= 0.3 is 12.0 Å². The molecule has 0 aliphatic carbocycles. The Labute approximate surface area is 162 Å². The van der Waals surface area contributed by atoms with E-state index in [2.05, 4.69) is 10.3 Å². The van der Waals surface area contributed by atoms with Gasteiger partial charge in [0.15, 0.2) is 0 Å². The number of amides is 2. The average Bonchev–Trinajstić information content (AvgIpc) is 2.67. The highest BCUT2D eigenvalue weighted by atomic mass is 19.1. The Morgan fingerprint density at radius 1 is 1.29 bits per heavy atom. The summed E-state index contributed by atoms with van der Waals surface area (Å²) >= 11 is 0. The number of carbonyl (C=O) groups excluding carboxylic acids is 1. The Hall–Kier alpha value is -3.16. The van der Waals surface area contributed by atoms with Crippen LogP contribution in [0.25, 0.3) is 0 Å². The maximum Gasteiger partial charge on any atom is 0.317 e. The minimum Gasteiger partial charge on any atom is -0.481 e. The zero-order valence-electron chi connectivity index (χ0n) is 15.5. The van der Waals surface area contributed by atoms with E-state index in [1.807, 2.05) is 6.92 Å². The van der Waals surface area contributed by atoms with Crippen LogP contribution in [0.2, 0.25) is 0 Å². The SMILES string of the molecule is CC1CC(C(=O)O)CN(C(=O)NCc2ccnc(Oc3ccc(F)cc3)c2)C1. The lowest BCUT2D eigenvalue weighted by Gasteiger charge is -2.34. The second kappa shape index (κ2) is 8.69.